The molecule has 0 amide bonds. The Morgan fingerprint density at radius 1 is 0.829 bits per heavy atom. The van der Waals surface area contributed by atoms with Crippen LogP contribution in [0, 0.1) is 5.41 Å². The van der Waals surface area contributed by atoms with Gasteiger partial charge >= 0.3 is 0 Å². The van der Waals surface area contributed by atoms with Crippen molar-refractivity contribution < 1.29 is 5.11 Å². The summed E-state index contributed by atoms with van der Waals surface area (Å²) < 4.78 is 2.08. The fourth-order valence-electron chi connectivity index (χ4n) is 4.85. The third-order valence-electron chi connectivity index (χ3n) is 6.74. The van der Waals surface area contributed by atoms with Gasteiger partial charge in [0, 0.05) is 24.3 Å². The van der Waals surface area contributed by atoms with E-state index in [2.05, 4.69) is 98.6 Å². The topological polar surface area (TPSA) is 118 Å². The Morgan fingerprint density at radius 2 is 1.56 bits per heavy atom. The van der Waals surface area contributed by atoms with E-state index in [0.717, 1.165) is 40.3 Å². The molecular weight excluding hydrogens is 532 g/mol. The van der Waals surface area contributed by atoms with Gasteiger partial charge in [-0.15, -0.1) is 15.3 Å². The smallest absolute Gasteiger partial charge is 0.257 e. The van der Waals surface area contributed by atoms with Crippen LogP contribution in [0.3, 0.4) is 0 Å². The number of fused-ring (bicyclic) bond motifs is 1. The lowest BCUT2D eigenvalue weighted by Crippen LogP contribution is -2.15. The summed E-state index contributed by atoms with van der Waals surface area (Å²) in [5, 5.41) is 34.5. The lowest BCUT2D eigenvalue weighted by molar-refractivity contribution is 0.393. The molecule has 206 valence electrons. The monoisotopic (exact) mass is 562 g/mol. The van der Waals surface area contributed by atoms with Crippen LogP contribution in [0.25, 0.3) is 33.5 Å². The Morgan fingerprint density at radius 3 is 2.27 bits per heavy atom. The molecule has 0 radical (unpaired) electrons. The van der Waals surface area contributed by atoms with Gasteiger partial charge in [0.05, 0.1) is 0 Å². The molecule has 2 N–H and O–H groups in total. The van der Waals surface area contributed by atoms with Gasteiger partial charge in [-0.3, -0.25) is 0 Å². The van der Waals surface area contributed by atoms with Crippen molar-refractivity contribution in [3.8, 4) is 28.4 Å². The summed E-state index contributed by atoms with van der Waals surface area (Å²) >= 11 is 1.58. The summed E-state index contributed by atoms with van der Waals surface area (Å²) in [6.07, 6.45) is 0.737. The lowest BCUT2D eigenvalue weighted by atomic mass is 9.92. The van der Waals surface area contributed by atoms with Gasteiger partial charge in [-0.25, -0.2) is 10.1 Å². The maximum absolute atomic E-state index is 10.9. The fraction of sp³-hybridized carbons (Fsp3) is 0.226. The first-order chi connectivity index (χ1) is 19.9. The maximum atomic E-state index is 10.9. The average molecular weight is 563 g/mol. The number of hydrogen-bond acceptors (Lipinski definition) is 8. The van der Waals surface area contributed by atoms with Crippen molar-refractivity contribution in [2.24, 2.45) is 5.41 Å². The summed E-state index contributed by atoms with van der Waals surface area (Å²) in [6, 6.07) is 26.7. The van der Waals surface area contributed by atoms with Gasteiger partial charge in [-0.05, 0) is 38.1 Å². The highest BCUT2D eigenvalue weighted by Gasteiger charge is 2.23. The van der Waals surface area contributed by atoms with Crippen molar-refractivity contribution in [3.05, 3.63) is 95.8 Å². The number of H-pyrrole nitrogens is 1. The Balaban J connectivity index is 1.35. The Labute approximate surface area is 242 Å². The Bertz CT molecular complexity index is 1780. The number of aromatic amines is 1. The SMILES string of the molecule is CC(C)(C)Cc1nc2c(SCc3ccccc3)nnc(O)c2n1Cc1ccc(-c2ccccc2-c2nnn[nH]2)cc1. The third kappa shape index (κ3) is 5.83. The minimum atomic E-state index is -0.108. The van der Waals surface area contributed by atoms with Gasteiger partial charge in [-0.2, -0.15) is 0 Å². The second kappa shape index (κ2) is 11.1. The number of imidazole rings is 1. The fourth-order valence-corrected chi connectivity index (χ4v) is 5.73. The number of hydrogen-bond donors (Lipinski definition) is 2. The van der Waals surface area contributed by atoms with Crippen molar-refractivity contribution in [1.29, 1.82) is 0 Å². The quantitative estimate of drug-likeness (QED) is 0.207. The lowest BCUT2D eigenvalue weighted by Gasteiger charge is -2.19. The molecule has 6 aromatic rings. The summed E-state index contributed by atoms with van der Waals surface area (Å²) in [4.78, 5) is 5.03. The number of tetrazole rings is 1. The first-order valence-corrected chi connectivity index (χ1v) is 14.4. The zero-order valence-corrected chi connectivity index (χ0v) is 23.9. The minimum Gasteiger partial charge on any atom is -0.491 e. The number of rotatable bonds is 8. The molecule has 0 aliphatic carbocycles. The van der Waals surface area contributed by atoms with Gasteiger partial charge in [0.1, 0.15) is 21.9 Å². The van der Waals surface area contributed by atoms with Crippen molar-refractivity contribution in [3.63, 3.8) is 0 Å². The summed E-state index contributed by atoms with van der Waals surface area (Å²) in [6.45, 7) is 7.11. The van der Waals surface area contributed by atoms with E-state index in [0.29, 0.717) is 28.4 Å². The summed E-state index contributed by atoms with van der Waals surface area (Å²) in [5.74, 6) is 2.15. The predicted octanol–water partition coefficient (Wildman–Crippen LogP) is 6.31. The molecule has 0 unspecified atom stereocenters. The van der Waals surface area contributed by atoms with E-state index in [1.165, 1.54) is 5.56 Å². The number of thioether (sulfide) groups is 1. The van der Waals surface area contributed by atoms with Crippen molar-refractivity contribution in [2.75, 3.05) is 0 Å². The van der Waals surface area contributed by atoms with Crippen molar-refractivity contribution in [2.45, 2.75) is 44.5 Å². The standard InChI is InChI=1S/C31H30N8OS/c1-31(2,3)17-25-32-26-27(29(40)35-36-30(26)41-19-21-9-5-4-6-10-21)39(25)18-20-13-15-22(16-14-20)23-11-7-8-12-24(23)28-33-37-38-34-28/h4-16H,17-19H2,1-3H3,(H,35,40)(H,33,34,37,38). The third-order valence-corrected chi connectivity index (χ3v) is 7.76. The van der Waals surface area contributed by atoms with Gasteiger partial charge < -0.3 is 9.67 Å². The molecule has 0 fully saturated rings. The largest absolute Gasteiger partial charge is 0.491 e. The molecule has 0 aliphatic rings. The molecule has 41 heavy (non-hydrogen) atoms. The van der Waals surface area contributed by atoms with Crippen LogP contribution >= 0.6 is 11.8 Å². The van der Waals surface area contributed by atoms with Crippen LogP contribution in [0.5, 0.6) is 5.88 Å². The van der Waals surface area contributed by atoms with Crippen LogP contribution in [-0.2, 0) is 18.7 Å². The van der Waals surface area contributed by atoms with E-state index in [1.807, 2.05) is 36.4 Å². The van der Waals surface area contributed by atoms with E-state index in [-0.39, 0.29) is 11.3 Å². The molecule has 9 nitrogen and oxygen atoms in total. The van der Waals surface area contributed by atoms with Crippen molar-refractivity contribution >= 4 is 22.8 Å². The van der Waals surface area contributed by atoms with Crippen molar-refractivity contribution in [1.82, 2.24) is 40.4 Å². The molecule has 10 heteroatoms. The summed E-state index contributed by atoms with van der Waals surface area (Å²) in [7, 11) is 0. The second-order valence-corrected chi connectivity index (χ2v) is 12.1. The Hall–Kier alpha value is -4.57. The number of aromatic hydroxyl groups is 1. The van der Waals surface area contributed by atoms with E-state index in [4.69, 9.17) is 4.98 Å². The molecule has 0 bridgehead atoms. The zero-order chi connectivity index (χ0) is 28.4. The van der Waals surface area contributed by atoms with Crippen LogP contribution in [0.15, 0.2) is 83.9 Å². The normalized spacial score (nSPS) is 11.8. The molecule has 6 rings (SSSR count). The van der Waals surface area contributed by atoms with Gasteiger partial charge in [0.15, 0.2) is 5.82 Å². The maximum Gasteiger partial charge on any atom is 0.257 e. The number of nitrogens with one attached hydrogen (secondary N) is 1. The van der Waals surface area contributed by atoms with E-state index in [1.54, 1.807) is 11.8 Å². The highest BCUT2D eigenvalue weighted by Crippen LogP contribution is 2.35. The van der Waals surface area contributed by atoms with Gasteiger partial charge in [-0.1, -0.05) is 111 Å². The average Bonchev–Trinajstić information content (AvgIpc) is 3.62. The number of benzene rings is 3. The van der Waals surface area contributed by atoms with Crippen LogP contribution in [-0.4, -0.2) is 45.5 Å². The number of aromatic nitrogens is 8. The molecule has 0 saturated heterocycles. The molecule has 0 saturated carbocycles. The highest BCUT2D eigenvalue weighted by molar-refractivity contribution is 7.98. The highest BCUT2D eigenvalue weighted by atomic mass is 32.2. The first-order valence-electron chi connectivity index (χ1n) is 13.4. The Kier molecular flexibility index (Phi) is 7.23. The van der Waals surface area contributed by atoms with Crippen LogP contribution < -0.4 is 0 Å². The predicted molar refractivity (Wildman–Crippen MR) is 160 cm³/mol. The van der Waals surface area contributed by atoms with Crippen LogP contribution in [0.1, 0.15) is 37.7 Å². The molecule has 3 heterocycles. The van der Waals surface area contributed by atoms with Gasteiger partial charge in [0.25, 0.3) is 5.88 Å². The molecule has 0 spiro atoms. The number of nitrogens with zero attached hydrogens (tertiary/aromatic N) is 7. The van der Waals surface area contributed by atoms with E-state index in [9.17, 15) is 5.11 Å². The zero-order valence-electron chi connectivity index (χ0n) is 23.1. The first kappa shape index (κ1) is 26.6. The second-order valence-electron chi connectivity index (χ2n) is 11.1. The van der Waals surface area contributed by atoms with Gasteiger partial charge in [0.2, 0.25) is 0 Å². The molecule has 3 aromatic heterocycles. The molecule has 0 aliphatic heterocycles. The summed E-state index contributed by atoms with van der Waals surface area (Å²) in [5.41, 5.74) is 6.59. The molecule has 0 atom stereocenters. The molecular formula is C31H30N8OS. The minimum absolute atomic E-state index is 0.00389. The molecule has 3 aromatic carbocycles. The van der Waals surface area contributed by atoms with E-state index < -0.39 is 0 Å². The van der Waals surface area contributed by atoms with Crippen LogP contribution in [0.4, 0.5) is 0 Å². The van der Waals surface area contributed by atoms with E-state index >= 15 is 0 Å². The van der Waals surface area contributed by atoms with Crippen LogP contribution in [0.2, 0.25) is 0 Å².